The highest BCUT2D eigenvalue weighted by atomic mass is 35.5. The van der Waals surface area contributed by atoms with Gasteiger partial charge in [0, 0.05) is 18.1 Å². The minimum absolute atomic E-state index is 0.117. The minimum atomic E-state index is -0.367. The molecule has 0 fully saturated rings. The second-order valence-corrected chi connectivity index (χ2v) is 6.02. The average molecular weight is 361 g/mol. The van der Waals surface area contributed by atoms with Crippen LogP contribution in [0.15, 0.2) is 55.1 Å². The Kier molecular flexibility index (Phi) is 4.83. The number of imidazole rings is 1. The smallest absolute Gasteiger partial charge is 0.271 e. The number of benzene rings is 1. The first-order chi connectivity index (χ1) is 11.5. The first-order valence-corrected chi connectivity index (χ1v) is 8.01. The normalized spacial score (nSPS) is 12.0. The van der Waals surface area contributed by atoms with Crippen molar-refractivity contribution in [3.8, 4) is 5.69 Å². The molecule has 5 nitrogen and oxygen atoms in total. The van der Waals surface area contributed by atoms with Crippen LogP contribution in [-0.2, 0) is 0 Å². The van der Waals surface area contributed by atoms with Crippen molar-refractivity contribution in [3.05, 3.63) is 76.6 Å². The Balaban J connectivity index is 1.73. The van der Waals surface area contributed by atoms with Crippen molar-refractivity contribution in [1.82, 2.24) is 19.9 Å². The number of pyridine rings is 1. The van der Waals surface area contributed by atoms with Gasteiger partial charge in [0.15, 0.2) is 0 Å². The van der Waals surface area contributed by atoms with E-state index in [2.05, 4.69) is 15.3 Å². The van der Waals surface area contributed by atoms with Crippen LogP contribution >= 0.6 is 23.2 Å². The number of aromatic nitrogens is 3. The van der Waals surface area contributed by atoms with Crippen molar-refractivity contribution in [3.63, 3.8) is 0 Å². The van der Waals surface area contributed by atoms with Crippen LogP contribution in [0, 0.1) is 0 Å². The molecule has 0 aliphatic carbocycles. The van der Waals surface area contributed by atoms with Gasteiger partial charge < -0.3 is 9.88 Å². The summed E-state index contributed by atoms with van der Waals surface area (Å²) in [6.07, 6.45) is 5.32. The summed E-state index contributed by atoms with van der Waals surface area (Å²) in [6.45, 7) is 1.89. The predicted octanol–water partition coefficient (Wildman–Crippen LogP) is 4.07. The highest BCUT2D eigenvalue weighted by Crippen LogP contribution is 2.19. The lowest BCUT2D eigenvalue weighted by atomic mass is 10.1. The van der Waals surface area contributed by atoms with Crippen LogP contribution < -0.4 is 5.32 Å². The monoisotopic (exact) mass is 360 g/mol. The Morgan fingerprint density at radius 1 is 1.17 bits per heavy atom. The number of amides is 1. The zero-order valence-electron chi connectivity index (χ0n) is 12.8. The molecule has 1 atom stereocenters. The SMILES string of the molecule is CC(NC(=O)c1nc(Cl)ccc1Cl)c1ccc(-n2ccnc2)cc1. The number of nitrogens with one attached hydrogen (secondary N) is 1. The fourth-order valence-corrected chi connectivity index (χ4v) is 2.61. The fraction of sp³-hybridized carbons (Fsp3) is 0.118. The van der Waals surface area contributed by atoms with Gasteiger partial charge in [-0.25, -0.2) is 9.97 Å². The van der Waals surface area contributed by atoms with Crippen molar-refractivity contribution >= 4 is 29.1 Å². The zero-order chi connectivity index (χ0) is 17.1. The molecule has 1 N–H and O–H groups in total. The second-order valence-electron chi connectivity index (χ2n) is 5.22. The maximum absolute atomic E-state index is 12.3. The Labute approximate surface area is 149 Å². The van der Waals surface area contributed by atoms with Gasteiger partial charge in [0.2, 0.25) is 0 Å². The van der Waals surface area contributed by atoms with E-state index < -0.39 is 0 Å². The number of halogens is 2. The summed E-state index contributed by atoms with van der Waals surface area (Å²) in [5.74, 6) is -0.367. The number of carbonyl (C=O) groups is 1. The molecule has 122 valence electrons. The molecule has 3 aromatic rings. The van der Waals surface area contributed by atoms with Crippen LogP contribution in [0.2, 0.25) is 10.2 Å². The minimum Gasteiger partial charge on any atom is -0.344 e. The van der Waals surface area contributed by atoms with Crippen molar-refractivity contribution < 1.29 is 4.79 Å². The lowest BCUT2D eigenvalue weighted by Gasteiger charge is -2.15. The number of nitrogens with zero attached hydrogens (tertiary/aromatic N) is 3. The third kappa shape index (κ3) is 3.58. The predicted molar refractivity (Wildman–Crippen MR) is 93.7 cm³/mol. The van der Waals surface area contributed by atoms with Crippen LogP contribution in [0.3, 0.4) is 0 Å². The Morgan fingerprint density at radius 3 is 2.58 bits per heavy atom. The third-order valence-corrected chi connectivity index (χ3v) is 4.09. The summed E-state index contributed by atoms with van der Waals surface area (Å²) in [7, 11) is 0. The van der Waals surface area contributed by atoms with Crippen molar-refractivity contribution in [2.45, 2.75) is 13.0 Å². The highest BCUT2D eigenvalue weighted by Gasteiger charge is 2.16. The molecule has 2 aromatic heterocycles. The van der Waals surface area contributed by atoms with E-state index >= 15 is 0 Å². The molecule has 0 saturated carbocycles. The largest absolute Gasteiger partial charge is 0.344 e. The summed E-state index contributed by atoms with van der Waals surface area (Å²) in [5.41, 5.74) is 2.07. The Bertz CT molecular complexity index is 848. The van der Waals surface area contributed by atoms with E-state index in [9.17, 15) is 4.79 Å². The van der Waals surface area contributed by atoms with E-state index in [1.165, 1.54) is 0 Å². The van der Waals surface area contributed by atoms with Crippen LogP contribution in [0.4, 0.5) is 0 Å². The van der Waals surface area contributed by atoms with Gasteiger partial charge in [-0.3, -0.25) is 4.79 Å². The van der Waals surface area contributed by atoms with Gasteiger partial charge in [0.1, 0.15) is 10.8 Å². The number of hydrogen-bond acceptors (Lipinski definition) is 3. The molecular weight excluding hydrogens is 347 g/mol. The standard InChI is InChI=1S/C17H14Cl2N4O/c1-11(21-17(24)16-14(18)6-7-15(19)22-16)12-2-4-13(5-3-12)23-9-8-20-10-23/h2-11H,1H3,(H,21,24). The van der Waals surface area contributed by atoms with Gasteiger partial charge in [-0.2, -0.15) is 0 Å². The fourth-order valence-electron chi connectivity index (χ4n) is 2.27. The van der Waals surface area contributed by atoms with E-state index in [1.54, 1.807) is 24.7 Å². The van der Waals surface area contributed by atoms with Gasteiger partial charge in [-0.1, -0.05) is 35.3 Å². The maximum atomic E-state index is 12.3. The Morgan fingerprint density at radius 2 is 1.92 bits per heavy atom. The summed E-state index contributed by atoms with van der Waals surface area (Å²) in [4.78, 5) is 20.3. The summed E-state index contributed by atoms with van der Waals surface area (Å²) < 4.78 is 1.91. The maximum Gasteiger partial charge on any atom is 0.271 e. The van der Waals surface area contributed by atoms with Crippen molar-refractivity contribution in [2.24, 2.45) is 0 Å². The van der Waals surface area contributed by atoms with Gasteiger partial charge in [-0.15, -0.1) is 0 Å². The number of carbonyl (C=O) groups excluding carboxylic acids is 1. The second kappa shape index (κ2) is 7.03. The highest BCUT2D eigenvalue weighted by molar-refractivity contribution is 6.34. The quantitative estimate of drug-likeness (QED) is 0.713. The first-order valence-electron chi connectivity index (χ1n) is 7.26. The molecule has 7 heteroatoms. The van der Waals surface area contributed by atoms with Gasteiger partial charge in [0.05, 0.1) is 17.4 Å². The molecule has 0 saturated heterocycles. The van der Waals surface area contributed by atoms with E-state index in [4.69, 9.17) is 23.2 Å². The molecule has 1 unspecified atom stereocenters. The molecule has 0 radical (unpaired) electrons. The molecule has 1 aromatic carbocycles. The third-order valence-electron chi connectivity index (χ3n) is 3.57. The lowest BCUT2D eigenvalue weighted by molar-refractivity contribution is 0.0935. The van der Waals surface area contributed by atoms with E-state index in [0.29, 0.717) is 0 Å². The molecule has 24 heavy (non-hydrogen) atoms. The molecule has 2 heterocycles. The summed E-state index contributed by atoms with van der Waals surface area (Å²) in [5, 5.41) is 3.36. The van der Waals surface area contributed by atoms with E-state index in [0.717, 1.165) is 11.3 Å². The van der Waals surface area contributed by atoms with E-state index in [1.807, 2.05) is 42.0 Å². The average Bonchev–Trinajstić information content (AvgIpc) is 3.11. The van der Waals surface area contributed by atoms with Gasteiger partial charge >= 0.3 is 0 Å². The molecule has 0 spiro atoms. The lowest BCUT2D eigenvalue weighted by Crippen LogP contribution is -2.27. The van der Waals surface area contributed by atoms with Crippen LogP contribution in [0.5, 0.6) is 0 Å². The van der Waals surface area contributed by atoms with E-state index in [-0.39, 0.29) is 27.8 Å². The summed E-state index contributed by atoms with van der Waals surface area (Å²) in [6, 6.07) is 10.7. The molecule has 0 aliphatic heterocycles. The topological polar surface area (TPSA) is 59.8 Å². The van der Waals surface area contributed by atoms with Gasteiger partial charge in [-0.05, 0) is 36.8 Å². The molecular formula is C17H14Cl2N4O. The molecule has 3 rings (SSSR count). The molecule has 0 bridgehead atoms. The number of rotatable bonds is 4. The molecule has 1 amide bonds. The first kappa shape index (κ1) is 16.5. The van der Waals surface area contributed by atoms with Crippen LogP contribution in [0.1, 0.15) is 29.0 Å². The van der Waals surface area contributed by atoms with Crippen molar-refractivity contribution in [2.75, 3.05) is 0 Å². The summed E-state index contributed by atoms with van der Waals surface area (Å²) >= 11 is 11.8. The molecule has 0 aliphatic rings. The number of hydrogen-bond donors (Lipinski definition) is 1. The van der Waals surface area contributed by atoms with Crippen LogP contribution in [-0.4, -0.2) is 20.4 Å². The zero-order valence-corrected chi connectivity index (χ0v) is 14.3. The van der Waals surface area contributed by atoms with Crippen molar-refractivity contribution in [1.29, 1.82) is 0 Å². The van der Waals surface area contributed by atoms with Crippen LogP contribution in [0.25, 0.3) is 5.69 Å². The Hall–Kier alpha value is -2.37. The van der Waals surface area contributed by atoms with Gasteiger partial charge in [0.25, 0.3) is 5.91 Å².